The number of hydrogen-bond acceptors (Lipinski definition) is 4. The summed E-state index contributed by atoms with van der Waals surface area (Å²) in [5, 5.41) is 0. The Kier molecular flexibility index (Phi) is 7.36. The molecule has 1 amide bonds. The fraction of sp³-hybridized carbons (Fsp3) is 0.269. The van der Waals surface area contributed by atoms with Crippen LogP contribution < -0.4 is 9.04 Å². The van der Waals surface area contributed by atoms with Crippen LogP contribution in [-0.2, 0) is 14.8 Å². The molecule has 3 aromatic carbocycles. The van der Waals surface area contributed by atoms with Crippen LogP contribution in [0.5, 0.6) is 5.75 Å². The second-order valence-electron chi connectivity index (χ2n) is 7.92. The van der Waals surface area contributed by atoms with Gasteiger partial charge in [0.2, 0.25) is 5.91 Å². The molecule has 168 valence electrons. The molecular formula is C26H29NO4S. The van der Waals surface area contributed by atoms with Crippen LogP contribution in [0.1, 0.15) is 35.1 Å². The van der Waals surface area contributed by atoms with Gasteiger partial charge in [-0.1, -0.05) is 42.5 Å². The average Bonchev–Trinajstić information content (AvgIpc) is 2.77. The molecular weight excluding hydrogens is 422 g/mol. The van der Waals surface area contributed by atoms with E-state index in [0.717, 1.165) is 32.3 Å². The molecule has 0 aliphatic carbocycles. The molecule has 0 aliphatic rings. The van der Waals surface area contributed by atoms with Crippen molar-refractivity contribution < 1.29 is 17.9 Å². The zero-order chi connectivity index (χ0) is 23.3. The maximum atomic E-state index is 13.4. The third kappa shape index (κ3) is 5.19. The summed E-state index contributed by atoms with van der Waals surface area (Å²) in [5.41, 5.74) is 4.17. The SMILES string of the molecule is Cc1ccc(C)c(OCCCC(=O)N(c2cccc(C)c2C)S(=O)(=O)c2ccccc2)c1. The predicted molar refractivity (Wildman–Crippen MR) is 128 cm³/mol. The number of rotatable bonds is 8. The van der Waals surface area contributed by atoms with E-state index in [1.165, 1.54) is 12.1 Å². The van der Waals surface area contributed by atoms with Crippen LogP contribution in [0.15, 0.2) is 71.6 Å². The molecule has 0 saturated heterocycles. The number of benzene rings is 3. The van der Waals surface area contributed by atoms with Crippen molar-refractivity contribution in [1.29, 1.82) is 0 Å². The molecule has 6 heteroatoms. The van der Waals surface area contributed by atoms with E-state index >= 15 is 0 Å². The molecule has 0 radical (unpaired) electrons. The lowest BCUT2D eigenvalue weighted by Gasteiger charge is -2.25. The highest BCUT2D eigenvalue weighted by Crippen LogP contribution is 2.29. The van der Waals surface area contributed by atoms with Crippen LogP contribution in [0.25, 0.3) is 0 Å². The Labute approximate surface area is 190 Å². The Bertz CT molecular complexity index is 1200. The fourth-order valence-corrected chi connectivity index (χ4v) is 4.95. The Morgan fingerprint density at radius 3 is 2.31 bits per heavy atom. The highest BCUT2D eigenvalue weighted by molar-refractivity contribution is 7.93. The second kappa shape index (κ2) is 10.0. The zero-order valence-corrected chi connectivity index (χ0v) is 19.8. The molecule has 3 rings (SSSR count). The Morgan fingerprint density at radius 2 is 1.59 bits per heavy atom. The highest BCUT2D eigenvalue weighted by atomic mass is 32.2. The molecule has 5 nitrogen and oxygen atoms in total. The summed E-state index contributed by atoms with van der Waals surface area (Å²) in [6, 6.07) is 19.4. The van der Waals surface area contributed by atoms with Crippen molar-refractivity contribution in [2.45, 2.75) is 45.4 Å². The topological polar surface area (TPSA) is 63.7 Å². The number of nitrogens with zero attached hydrogens (tertiary/aromatic N) is 1. The molecule has 0 fully saturated rings. The van der Waals surface area contributed by atoms with Crippen LogP contribution >= 0.6 is 0 Å². The van der Waals surface area contributed by atoms with E-state index in [2.05, 4.69) is 0 Å². The average molecular weight is 452 g/mol. The fourth-order valence-electron chi connectivity index (χ4n) is 3.42. The van der Waals surface area contributed by atoms with Gasteiger partial charge in [0, 0.05) is 6.42 Å². The van der Waals surface area contributed by atoms with Crippen LogP contribution in [0.2, 0.25) is 0 Å². The van der Waals surface area contributed by atoms with E-state index < -0.39 is 15.9 Å². The van der Waals surface area contributed by atoms with Gasteiger partial charge in [0.25, 0.3) is 10.0 Å². The normalized spacial score (nSPS) is 11.2. The standard InChI is InChI=1S/C26H29NO4S/c1-19-15-16-21(3)25(18-19)31-17-9-14-26(28)27(24-13-8-10-20(2)22(24)4)32(29,30)23-11-6-5-7-12-23/h5-8,10-13,15-16,18H,9,14,17H2,1-4H3. The molecule has 0 aliphatic heterocycles. The van der Waals surface area contributed by atoms with Crippen molar-refractivity contribution in [2.75, 3.05) is 10.9 Å². The first-order valence-corrected chi connectivity index (χ1v) is 12.1. The molecule has 0 aromatic heterocycles. The van der Waals surface area contributed by atoms with Gasteiger partial charge < -0.3 is 4.74 Å². The van der Waals surface area contributed by atoms with Crippen LogP contribution in [0.4, 0.5) is 5.69 Å². The molecule has 0 heterocycles. The lowest BCUT2D eigenvalue weighted by Crippen LogP contribution is -2.37. The van der Waals surface area contributed by atoms with E-state index in [-0.39, 0.29) is 11.3 Å². The van der Waals surface area contributed by atoms with Gasteiger partial charge in [-0.05, 0) is 80.6 Å². The van der Waals surface area contributed by atoms with Gasteiger partial charge in [-0.25, -0.2) is 12.7 Å². The predicted octanol–water partition coefficient (Wildman–Crippen LogP) is 5.50. The minimum atomic E-state index is -4.05. The molecule has 0 spiro atoms. The first-order chi connectivity index (χ1) is 15.2. The molecule has 0 unspecified atom stereocenters. The summed E-state index contributed by atoms with van der Waals surface area (Å²) in [6.45, 7) is 8.01. The van der Waals surface area contributed by atoms with E-state index in [0.29, 0.717) is 18.7 Å². The van der Waals surface area contributed by atoms with Gasteiger partial charge in [-0.15, -0.1) is 0 Å². The van der Waals surface area contributed by atoms with E-state index in [4.69, 9.17) is 4.74 Å². The number of sulfonamides is 1. The minimum Gasteiger partial charge on any atom is -0.493 e. The first-order valence-electron chi connectivity index (χ1n) is 10.6. The molecule has 3 aromatic rings. The summed E-state index contributed by atoms with van der Waals surface area (Å²) in [5.74, 6) is 0.299. The van der Waals surface area contributed by atoms with Gasteiger partial charge in [0.1, 0.15) is 5.75 Å². The molecule has 0 bridgehead atoms. The molecule has 0 N–H and O–H groups in total. The maximum absolute atomic E-state index is 13.4. The van der Waals surface area contributed by atoms with Gasteiger partial charge in [0.15, 0.2) is 0 Å². The van der Waals surface area contributed by atoms with Gasteiger partial charge in [0.05, 0.1) is 17.2 Å². The van der Waals surface area contributed by atoms with E-state index in [1.807, 2.05) is 52.0 Å². The third-order valence-electron chi connectivity index (χ3n) is 5.44. The van der Waals surface area contributed by atoms with Crippen LogP contribution in [0.3, 0.4) is 0 Å². The lowest BCUT2D eigenvalue weighted by molar-refractivity contribution is -0.117. The third-order valence-corrected chi connectivity index (χ3v) is 7.19. The minimum absolute atomic E-state index is 0.0459. The molecule has 0 atom stereocenters. The van der Waals surface area contributed by atoms with Crippen molar-refractivity contribution in [3.8, 4) is 5.75 Å². The monoisotopic (exact) mass is 451 g/mol. The van der Waals surface area contributed by atoms with Crippen molar-refractivity contribution in [3.05, 3.63) is 89.0 Å². The van der Waals surface area contributed by atoms with Crippen molar-refractivity contribution in [2.24, 2.45) is 0 Å². The smallest absolute Gasteiger partial charge is 0.270 e. The number of amides is 1. The first kappa shape index (κ1) is 23.5. The number of aryl methyl sites for hydroxylation is 3. The number of carbonyl (C=O) groups excluding carboxylic acids is 1. The summed E-state index contributed by atoms with van der Waals surface area (Å²) in [6.07, 6.45) is 0.447. The summed E-state index contributed by atoms with van der Waals surface area (Å²) < 4.78 is 33.7. The molecule has 32 heavy (non-hydrogen) atoms. The zero-order valence-electron chi connectivity index (χ0n) is 19.0. The number of ether oxygens (including phenoxy) is 1. The summed E-state index contributed by atoms with van der Waals surface area (Å²) in [4.78, 5) is 13.3. The Hall–Kier alpha value is -3.12. The lowest BCUT2D eigenvalue weighted by atomic mass is 10.1. The van der Waals surface area contributed by atoms with E-state index in [9.17, 15) is 13.2 Å². The summed E-state index contributed by atoms with van der Waals surface area (Å²) in [7, 11) is -4.05. The number of hydrogen-bond donors (Lipinski definition) is 0. The van der Waals surface area contributed by atoms with Crippen molar-refractivity contribution >= 4 is 21.6 Å². The molecule has 0 saturated carbocycles. The summed E-state index contributed by atoms with van der Waals surface area (Å²) >= 11 is 0. The number of carbonyl (C=O) groups is 1. The number of anilines is 1. The second-order valence-corrected chi connectivity index (χ2v) is 9.70. The maximum Gasteiger partial charge on any atom is 0.270 e. The van der Waals surface area contributed by atoms with Gasteiger partial charge in [-0.2, -0.15) is 0 Å². The largest absolute Gasteiger partial charge is 0.493 e. The van der Waals surface area contributed by atoms with Gasteiger partial charge in [-0.3, -0.25) is 4.79 Å². The Morgan fingerprint density at radius 1 is 0.875 bits per heavy atom. The van der Waals surface area contributed by atoms with E-state index in [1.54, 1.807) is 30.3 Å². The van der Waals surface area contributed by atoms with Crippen LogP contribution in [-0.4, -0.2) is 20.9 Å². The Balaban J connectivity index is 1.83. The van der Waals surface area contributed by atoms with Crippen molar-refractivity contribution in [1.82, 2.24) is 0 Å². The van der Waals surface area contributed by atoms with Gasteiger partial charge >= 0.3 is 0 Å². The van der Waals surface area contributed by atoms with Crippen LogP contribution in [0, 0.1) is 27.7 Å². The highest BCUT2D eigenvalue weighted by Gasteiger charge is 2.31. The van der Waals surface area contributed by atoms with Crippen molar-refractivity contribution in [3.63, 3.8) is 0 Å². The quantitative estimate of drug-likeness (QED) is 0.424.